The van der Waals surface area contributed by atoms with Crippen LogP contribution in [0.15, 0.2) is 29.1 Å². The van der Waals surface area contributed by atoms with Crippen molar-refractivity contribution < 1.29 is 4.79 Å². The summed E-state index contributed by atoms with van der Waals surface area (Å²) in [6, 6.07) is 8.57. The predicted molar refractivity (Wildman–Crippen MR) is 110 cm³/mol. The van der Waals surface area contributed by atoms with Gasteiger partial charge in [0.25, 0.3) is 5.56 Å². The van der Waals surface area contributed by atoms with Crippen LogP contribution in [0.2, 0.25) is 0 Å². The minimum absolute atomic E-state index is 0.0171. The van der Waals surface area contributed by atoms with Crippen LogP contribution in [0.3, 0.4) is 0 Å². The standard InChI is InChI=1S/C22H31N3O2/c1-3-19-6-4-5-12-25(19)13-11-23-21(26)10-9-18-15-17-8-7-16(2)14-20(17)24-22(18)27/h7-8,14-15,19H,3-6,9-13H2,1-2H3,(H,23,26)(H,24,27)/t19-/m1/s1. The van der Waals surface area contributed by atoms with Gasteiger partial charge in [0.1, 0.15) is 0 Å². The fourth-order valence-corrected chi connectivity index (χ4v) is 4.04. The molecule has 0 saturated carbocycles. The number of aryl methyl sites for hydroxylation is 2. The van der Waals surface area contributed by atoms with Crippen LogP contribution in [-0.4, -0.2) is 41.5 Å². The number of hydrogen-bond acceptors (Lipinski definition) is 3. The number of rotatable bonds is 7. The van der Waals surface area contributed by atoms with Crippen LogP contribution in [0, 0.1) is 6.92 Å². The number of pyridine rings is 1. The second-order valence-electron chi connectivity index (χ2n) is 7.66. The van der Waals surface area contributed by atoms with Crippen LogP contribution >= 0.6 is 0 Å². The van der Waals surface area contributed by atoms with Gasteiger partial charge in [-0.15, -0.1) is 0 Å². The van der Waals surface area contributed by atoms with E-state index in [9.17, 15) is 9.59 Å². The number of hydrogen-bond donors (Lipinski definition) is 2. The number of likely N-dealkylation sites (tertiary alicyclic amines) is 1. The summed E-state index contributed by atoms with van der Waals surface area (Å²) in [5.41, 5.74) is 2.54. The van der Waals surface area contributed by atoms with Crippen molar-refractivity contribution in [2.75, 3.05) is 19.6 Å². The maximum absolute atomic E-state index is 12.3. The molecule has 0 spiro atoms. The van der Waals surface area contributed by atoms with Crippen molar-refractivity contribution in [2.24, 2.45) is 0 Å². The zero-order valence-corrected chi connectivity index (χ0v) is 16.5. The lowest BCUT2D eigenvalue weighted by Crippen LogP contribution is -2.43. The van der Waals surface area contributed by atoms with Crippen molar-refractivity contribution in [3.05, 3.63) is 45.7 Å². The molecule has 2 N–H and O–H groups in total. The smallest absolute Gasteiger partial charge is 0.251 e. The fourth-order valence-electron chi connectivity index (χ4n) is 4.04. The summed E-state index contributed by atoms with van der Waals surface area (Å²) in [6.45, 7) is 6.98. The number of nitrogens with one attached hydrogen (secondary N) is 2. The number of amides is 1. The lowest BCUT2D eigenvalue weighted by atomic mass is 10.0. The van der Waals surface area contributed by atoms with E-state index in [-0.39, 0.29) is 11.5 Å². The molecule has 2 aromatic rings. The molecular formula is C22H31N3O2. The molecule has 1 aromatic carbocycles. The third-order valence-corrected chi connectivity index (χ3v) is 5.64. The first kappa shape index (κ1) is 19.6. The van der Waals surface area contributed by atoms with Crippen molar-refractivity contribution in [3.8, 4) is 0 Å². The Morgan fingerprint density at radius 1 is 1.30 bits per heavy atom. The van der Waals surface area contributed by atoms with Gasteiger partial charge < -0.3 is 10.3 Å². The molecule has 146 valence electrons. The Morgan fingerprint density at radius 3 is 2.96 bits per heavy atom. The van der Waals surface area contributed by atoms with E-state index in [2.05, 4.69) is 22.1 Å². The van der Waals surface area contributed by atoms with E-state index in [1.807, 2.05) is 31.2 Å². The molecule has 1 saturated heterocycles. The summed E-state index contributed by atoms with van der Waals surface area (Å²) >= 11 is 0. The lowest BCUT2D eigenvalue weighted by Gasteiger charge is -2.35. The summed E-state index contributed by atoms with van der Waals surface area (Å²) in [5, 5.41) is 4.02. The highest BCUT2D eigenvalue weighted by atomic mass is 16.1. The third kappa shape index (κ3) is 5.19. The first-order valence-corrected chi connectivity index (χ1v) is 10.2. The second kappa shape index (κ2) is 9.18. The molecule has 27 heavy (non-hydrogen) atoms. The summed E-state index contributed by atoms with van der Waals surface area (Å²) in [7, 11) is 0. The molecule has 2 heterocycles. The SMILES string of the molecule is CC[C@@H]1CCCCN1CCNC(=O)CCc1cc2ccc(C)cc2[nH]c1=O. The van der Waals surface area contributed by atoms with Gasteiger partial charge in [0, 0.05) is 36.6 Å². The van der Waals surface area contributed by atoms with Crippen molar-refractivity contribution in [2.45, 2.75) is 58.4 Å². The molecule has 0 bridgehead atoms. The van der Waals surface area contributed by atoms with Crippen LogP contribution in [0.1, 0.15) is 50.2 Å². The highest BCUT2D eigenvalue weighted by molar-refractivity contribution is 5.80. The number of aromatic nitrogens is 1. The summed E-state index contributed by atoms with van der Waals surface area (Å²) in [4.78, 5) is 29.9. The number of aromatic amines is 1. The molecule has 1 aliphatic rings. The zero-order chi connectivity index (χ0) is 19.2. The van der Waals surface area contributed by atoms with E-state index in [1.165, 1.54) is 25.7 Å². The number of fused-ring (bicyclic) bond motifs is 1. The number of carbonyl (C=O) groups excluding carboxylic acids is 1. The van der Waals surface area contributed by atoms with E-state index in [0.717, 1.165) is 29.6 Å². The van der Waals surface area contributed by atoms with Gasteiger partial charge in [-0.1, -0.05) is 25.5 Å². The molecule has 1 fully saturated rings. The van der Waals surface area contributed by atoms with Crippen LogP contribution in [0.25, 0.3) is 10.9 Å². The van der Waals surface area contributed by atoms with Gasteiger partial charge in [0.05, 0.1) is 0 Å². The summed E-state index contributed by atoms with van der Waals surface area (Å²) in [6.07, 6.45) is 5.84. The van der Waals surface area contributed by atoms with Gasteiger partial charge >= 0.3 is 0 Å². The molecule has 0 radical (unpaired) electrons. The predicted octanol–water partition coefficient (Wildman–Crippen LogP) is 3.15. The number of benzene rings is 1. The third-order valence-electron chi connectivity index (χ3n) is 5.64. The van der Waals surface area contributed by atoms with Gasteiger partial charge in [-0.25, -0.2) is 0 Å². The van der Waals surface area contributed by atoms with E-state index in [4.69, 9.17) is 0 Å². The van der Waals surface area contributed by atoms with E-state index < -0.39 is 0 Å². The van der Waals surface area contributed by atoms with Crippen LogP contribution < -0.4 is 10.9 Å². The van der Waals surface area contributed by atoms with Gasteiger partial charge in [0.15, 0.2) is 0 Å². The largest absolute Gasteiger partial charge is 0.355 e. The lowest BCUT2D eigenvalue weighted by molar-refractivity contribution is -0.121. The Morgan fingerprint density at radius 2 is 2.15 bits per heavy atom. The van der Waals surface area contributed by atoms with Crippen LogP contribution in [0.5, 0.6) is 0 Å². The zero-order valence-electron chi connectivity index (χ0n) is 16.5. The molecule has 1 aromatic heterocycles. The Balaban J connectivity index is 1.49. The number of piperidine rings is 1. The molecular weight excluding hydrogens is 338 g/mol. The number of carbonyl (C=O) groups is 1. The maximum atomic E-state index is 12.3. The quantitative estimate of drug-likeness (QED) is 0.788. The van der Waals surface area contributed by atoms with Crippen molar-refractivity contribution in [3.63, 3.8) is 0 Å². The van der Waals surface area contributed by atoms with E-state index >= 15 is 0 Å². The molecule has 3 rings (SSSR count). The van der Waals surface area contributed by atoms with Crippen molar-refractivity contribution in [1.29, 1.82) is 0 Å². The normalized spacial score (nSPS) is 17.9. The summed E-state index contributed by atoms with van der Waals surface area (Å²) in [5.74, 6) is 0.0171. The Bertz CT molecular complexity index is 843. The van der Waals surface area contributed by atoms with E-state index in [0.29, 0.717) is 31.0 Å². The molecule has 5 nitrogen and oxygen atoms in total. The Hall–Kier alpha value is -2.14. The number of nitrogens with zero attached hydrogens (tertiary/aromatic N) is 1. The van der Waals surface area contributed by atoms with Gasteiger partial charge in [-0.3, -0.25) is 14.5 Å². The first-order valence-electron chi connectivity index (χ1n) is 10.2. The first-order chi connectivity index (χ1) is 13.1. The maximum Gasteiger partial charge on any atom is 0.251 e. The highest BCUT2D eigenvalue weighted by Crippen LogP contribution is 2.18. The molecule has 1 aliphatic heterocycles. The van der Waals surface area contributed by atoms with Gasteiger partial charge in [-0.05, 0) is 62.2 Å². The van der Waals surface area contributed by atoms with Gasteiger partial charge in [-0.2, -0.15) is 0 Å². The Kier molecular flexibility index (Phi) is 6.67. The van der Waals surface area contributed by atoms with E-state index in [1.54, 1.807) is 0 Å². The van der Waals surface area contributed by atoms with Gasteiger partial charge in [0.2, 0.25) is 5.91 Å². The molecule has 1 atom stereocenters. The monoisotopic (exact) mass is 369 g/mol. The number of H-pyrrole nitrogens is 1. The topological polar surface area (TPSA) is 65.2 Å². The minimum atomic E-state index is -0.0972. The molecule has 5 heteroatoms. The highest BCUT2D eigenvalue weighted by Gasteiger charge is 2.20. The van der Waals surface area contributed by atoms with Crippen molar-refractivity contribution in [1.82, 2.24) is 15.2 Å². The average molecular weight is 370 g/mol. The summed E-state index contributed by atoms with van der Waals surface area (Å²) < 4.78 is 0. The van der Waals surface area contributed by atoms with Crippen molar-refractivity contribution >= 4 is 16.8 Å². The molecule has 1 amide bonds. The molecule has 0 unspecified atom stereocenters. The Labute approximate surface area is 161 Å². The van der Waals surface area contributed by atoms with Crippen LogP contribution in [0.4, 0.5) is 0 Å². The average Bonchev–Trinajstić information content (AvgIpc) is 2.66. The molecule has 0 aliphatic carbocycles. The minimum Gasteiger partial charge on any atom is -0.355 e. The fraction of sp³-hybridized carbons (Fsp3) is 0.545. The second-order valence-corrected chi connectivity index (χ2v) is 7.66. The van der Waals surface area contributed by atoms with Crippen LogP contribution in [-0.2, 0) is 11.2 Å².